The molecule has 3 heterocycles. The van der Waals surface area contributed by atoms with Gasteiger partial charge in [0, 0.05) is 42.0 Å². The highest BCUT2D eigenvalue weighted by atomic mass is 19.1. The number of aromatic nitrogens is 4. The highest BCUT2D eigenvalue weighted by Gasteiger charge is 2.25. The zero-order valence-electron chi connectivity index (χ0n) is 19.9. The molecule has 1 fully saturated rings. The van der Waals surface area contributed by atoms with Crippen LogP contribution in [0.2, 0.25) is 0 Å². The van der Waals surface area contributed by atoms with E-state index < -0.39 is 5.82 Å². The van der Waals surface area contributed by atoms with E-state index in [0.29, 0.717) is 22.8 Å². The highest BCUT2D eigenvalue weighted by molar-refractivity contribution is 5.95. The first-order valence-electron chi connectivity index (χ1n) is 11.6. The Labute approximate surface area is 202 Å². The van der Waals surface area contributed by atoms with E-state index >= 15 is 0 Å². The third-order valence-electron chi connectivity index (χ3n) is 6.67. The number of nitriles is 1. The average molecular weight is 472 g/mol. The Bertz CT molecular complexity index is 1490. The fourth-order valence-corrected chi connectivity index (χ4v) is 4.65. The monoisotopic (exact) mass is 471 g/mol. The molecule has 0 unspecified atom stereocenters. The van der Waals surface area contributed by atoms with Crippen LogP contribution in [0.3, 0.4) is 0 Å². The highest BCUT2D eigenvalue weighted by Crippen LogP contribution is 2.30. The maximum Gasteiger partial charge on any atom is 0.272 e. The Morgan fingerprint density at radius 1 is 1.23 bits per heavy atom. The van der Waals surface area contributed by atoms with Gasteiger partial charge in [-0.15, -0.1) is 0 Å². The first-order chi connectivity index (χ1) is 16.9. The van der Waals surface area contributed by atoms with Crippen LogP contribution >= 0.6 is 0 Å². The first kappa shape index (κ1) is 22.7. The summed E-state index contributed by atoms with van der Waals surface area (Å²) in [5.74, 6) is -0.460. The van der Waals surface area contributed by atoms with E-state index in [2.05, 4.69) is 20.7 Å². The summed E-state index contributed by atoms with van der Waals surface area (Å²) in [4.78, 5) is 17.9. The molecule has 0 radical (unpaired) electrons. The molecule has 35 heavy (non-hydrogen) atoms. The molecule has 5 rings (SSSR count). The van der Waals surface area contributed by atoms with Gasteiger partial charge >= 0.3 is 0 Å². The van der Waals surface area contributed by atoms with Crippen molar-refractivity contribution in [3.63, 3.8) is 0 Å². The van der Waals surface area contributed by atoms with Crippen molar-refractivity contribution in [2.45, 2.75) is 32.7 Å². The van der Waals surface area contributed by atoms with E-state index in [9.17, 15) is 9.18 Å². The summed E-state index contributed by atoms with van der Waals surface area (Å²) in [5.41, 5.74) is 4.03. The number of carbonyl (C=O) groups is 1. The number of benzene rings is 2. The van der Waals surface area contributed by atoms with Crippen molar-refractivity contribution in [1.82, 2.24) is 30.0 Å². The lowest BCUT2D eigenvalue weighted by Crippen LogP contribution is -2.45. The second-order valence-electron chi connectivity index (χ2n) is 8.94. The van der Waals surface area contributed by atoms with Crippen LogP contribution in [0.25, 0.3) is 28.0 Å². The Morgan fingerprint density at radius 3 is 2.77 bits per heavy atom. The van der Waals surface area contributed by atoms with E-state index in [1.165, 1.54) is 12.1 Å². The van der Waals surface area contributed by atoms with Gasteiger partial charge < -0.3 is 10.6 Å². The number of nitrogens with zero attached hydrogens (tertiary/aromatic N) is 5. The van der Waals surface area contributed by atoms with Crippen molar-refractivity contribution >= 4 is 16.8 Å². The van der Waals surface area contributed by atoms with Crippen molar-refractivity contribution in [2.75, 3.05) is 13.1 Å². The minimum absolute atomic E-state index is 0.0333. The number of fused-ring (bicyclic) bond motifs is 1. The summed E-state index contributed by atoms with van der Waals surface area (Å²) in [6.45, 7) is 5.50. The molecule has 4 aromatic rings. The summed E-state index contributed by atoms with van der Waals surface area (Å²) in [6, 6.07) is 12.1. The lowest BCUT2D eigenvalue weighted by Gasteiger charge is -2.23. The normalized spacial score (nSPS) is 15.8. The molecular weight excluding hydrogens is 445 g/mol. The molecule has 0 aliphatic carbocycles. The molecule has 1 aliphatic rings. The van der Waals surface area contributed by atoms with E-state index in [1.807, 2.05) is 54.4 Å². The smallest absolute Gasteiger partial charge is 0.272 e. The van der Waals surface area contributed by atoms with Crippen LogP contribution in [-0.4, -0.2) is 44.4 Å². The summed E-state index contributed by atoms with van der Waals surface area (Å²) in [6.07, 6.45) is 1.90. The Balaban J connectivity index is 1.65. The van der Waals surface area contributed by atoms with Gasteiger partial charge in [0.15, 0.2) is 0 Å². The molecule has 2 N–H and O–H groups in total. The maximum atomic E-state index is 14.6. The van der Waals surface area contributed by atoms with Crippen LogP contribution in [0.1, 0.15) is 40.3 Å². The number of nitrogens with one attached hydrogen (secondary N) is 2. The summed E-state index contributed by atoms with van der Waals surface area (Å²) < 4.78 is 18.2. The Morgan fingerprint density at radius 2 is 2.06 bits per heavy atom. The molecule has 8 nitrogen and oxygen atoms in total. The lowest BCUT2D eigenvalue weighted by atomic mass is 10.1. The van der Waals surface area contributed by atoms with Gasteiger partial charge in [0.25, 0.3) is 5.91 Å². The first-order valence-corrected chi connectivity index (χ1v) is 11.6. The van der Waals surface area contributed by atoms with Crippen molar-refractivity contribution in [1.29, 1.82) is 5.26 Å². The average Bonchev–Trinajstić information content (AvgIpc) is 3.35. The van der Waals surface area contributed by atoms with Gasteiger partial charge in [-0.1, -0.05) is 0 Å². The third kappa shape index (κ3) is 4.06. The van der Waals surface area contributed by atoms with Crippen LogP contribution in [0.4, 0.5) is 4.39 Å². The van der Waals surface area contributed by atoms with Gasteiger partial charge in [-0.25, -0.2) is 9.37 Å². The largest absolute Gasteiger partial charge is 0.347 e. The molecule has 1 saturated heterocycles. The van der Waals surface area contributed by atoms with Gasteiger partial charge in [-0.2, -0.15) is 10.4 Å². The molecule has 178 valence electrons. The molecule has 0 saturated carbocycles. The number of aryl methyl sites for hydroxylation is 2. The fourth-order valence-electron chi connectivity index (χ4n) is 4.65. The number of amides is 1. The molecule has 1 aliphatic heterocycles. The van der Waals surface area contributed by atoms with Gasteiger partial charge in [-0.3, -0.25) is 14.0 Å². The maximum absolute atomic E-state index is 14.6. The molecule has 1 atom stereocenters. The lowest BCUT2D eigenvalue weighted by molar-refractivity contribution is 0.0925. The topological polar surface area (TPSA) is 101 Å². The summed E-state index contributed by atoms with van der Waals surface area (Å²) in [5, 5.41) is 21.0. The molecule has 2 aromatic heterocycles. The van der Waals surface area contributed by atoms with Gasteiger partial charge in [0.1, 0.15) is 23.4 Å². The molecular formula is C26H26FN7O. The van der Waals surface area contributed by atoms with Crippen molar-refractivity contribution in [2.24, 2.45) is 7.05 Å². The third-order valence-corrected chi connectivity index (χ3v) is 6.67. The minimum Gasteiger partial charge on any atom is -0.347 e. The zero-order valence-corrected chi connectivity index (χ0v) is 19.9. The number of imidazole rings is 1. The van der Waals surface area contributed by atoms with Crippen LogP contribution in [0.15, 0.2) is 36.4 Å². The summed E-state index contributed by atoms with van der Waals surface area (Å²) >= 11 is 0. The van der Waals surface area contributed by atoms with Gasteiger partial charge in [0.2, 0.25) is 0 Å². The Kier molecular flexibility index (Phi) is 5.83. The number of carbonyl (C=O) groups excluding carboxylic acids is 1. The predicted octanol–water partition coefficient (Wildman–Crippen LogP) is 3.54. The summed E-state index contributed by atoms with van der Waals surface area (Å²) in [7, 11) is 1.89. The number of rotatable bonds is 4. The van der Waals surface area contributed by atoms with Crippen molar-refractivity contribution in [3.05, 3.63) is 64.9 Å². The van der Waals surface area contributed by atoms with E-state index in [-0.39, 0.29) is 17.5 Å². The quantitative estimate of drug-likeness (QED) is 0.474. The molecule has 2 aromatic carbocycles. The van der Waals surface area contributed by atoms with E-state index in [0.717, 1.165) is 48.2 Å². The fraction of sp³-hybridized carbons (Fsp3) is 0.308. The van der Waals surface area contributed by atoms with E-state index in [4.69, 9.17) is 5.26 Å². The second-order valence-corrected chi connectivity index (χ2v) is 8.94. The van der Waals surface area contributed by atoms with Crippen LogP contribution in [0, 0.1) is 31.0 Å². The number of halogens is 1. The van der Waals surface area contributed by atoms with Crippen LogP contribution in [-0.2, 0) is 7.05 Å². The number of hydrogen-bond acceptors (Lipinski definition) is 5. The van der Waals surface area contributed by atoms with Crippen molar-refractivity contribution < 1.29 is 9.18 Å². The van der Waals surface area contributed by atoms with Gasteiger partial charge in [0.05, 0.1) is 16.8 Å². The van der Waals surface area contributed by atoms with E-state index in [1.54, 1.807) is 6.07 Å². The van der Waals surface area contributed by atoms with Gasteiger partial charge in [-0.05, 0) is 69.6 Å². The van der Waals surface area contributed by atoms with Crippen molar-refractivity contribution in [3.8, 4) is 23.1 Å². The van der Waals surface area contributed by atoms with Crippen LogP contribution < -0.4 is 10.6 Å². The standard InChI is InChI=1S/C26H26FN7O/c1-15-21-12-20(8-9-23(21)32-33(15)3)34-16(2)24(26(35)30-19-5-4-10-29-14-19)31-25(34)17-6-7-18(13-28)22(27)11-17/h6-9,11-12,19,29H,4-5,10,14H2,1-3H3,(H,30,35)/t19-/m1/s1. The molecule has 1 amide bonds. The zero-order chi connectivity index (χ0) is 24.7. The number of piperidine rings is 1. The molecule has 9 heteroatoms. The molecule has 0 spiro atoms. The SMILES string of the molecule is Cc1c2cc(-n3c(-c4ccc(C#N)c(F)c4)nc(C(=O)N[C@@H]4CCCNC4)c3C)ccc2nn1C. The van der Waals surface area contributed by atoms with Crippen LogP contribution in [0.5, 0.6) is 0 Å². The second kappa shape index (κ2) is 8.96. The predicted molar refractivity (Wildman–Crippen MR) is 131 cm³/mol. The Hall–Kier alpha value is -4.03. The minimum atomic E-state index is -0.630. The molecule has 0 bridgehead atoms. The number of hydrogen-bond donors (Lipinski definition) is 2.